The maximum atomic E-state index is 11.8. The Morgan fingerprint density at radius 1 is 1.44 bits per heavy atom. The van der Waals surface area contributed by atoms with Crippen molar-refractivity contribution in [3.63, 3.8) is 0 Å². The number of rotatable bonds is 2. The molecule has 0 aliphatic carbocycles. The fourth-order valence-electron chi connectivity index (χ4n) is 1.51. The minimum Gasteiger partial charge on any atom is -0.382 e. The molecule has 0 aliphatic heterocycles. The Morgan fingerprint density at radius 3 is 2.72 bits per heavy atom. The molecule has 0 spiro atoms. The SMILES string of the molecule is Cc1cn(-c2ccnc(C(=O)N(C)C)c2)nc1N. The van der Waals surface area contributed by atoms with Crippen LogP contribution < -0.4 is 5.73 Å². The van der Waals surface area contributed by atoms with Crippen LogP contribution in [-0.4, -0.2) is 39.7 Å². The number of amides is 1. The zero-order valence-electron chi connectivity index (χ0n) is 10.6. The average molecular weight is 245 g/mol. The van der Waals surface area contributed by atoms with Gasteiger partial charge in [0.25, 0.3) is 5.91 Å². The molecule has 0 aromatic carbocycles. The van der Waals surface area contributed by atoms with Gasteiger partial charge in [-0.2, -0.15) is 5.10 Å². The second-order valence-electron chi connectivity index (χ2n) is 4.24. The Bertz CT molecular complexity index is 568. The molecule has 2 rings (SSSR count). The van der Waals surface area contributed by atoms with Crippen molar-refractivity contribution in [1.29, 1.82) is 0 Å². The molecule has 0 saturated carbocycles. The van der Waals surface area contributed by atoms with E-state index < -0.39 is 0 Å². The molecule has 6 heteroatoms. The number of anilines is 1. The van der Waals surface area contributed by atoms with Crippen LogP contribution in [0.25, 0.3) is 5.69 Å². The Morgan fingerprint density at radius 2 is 2.17 bits per heavy atom. The lowest BCUT2D eigenvalue weighted by Crippen LogP contribution is -2.22. The van der Waals surface area contributed by atoms with E-state index in [0.717, 1.165) is 11.3 Å². The number of carbonyl (C=O) groups is 1. The molecule has 0 atom stereocenters. The number of pyridine rings is 1. The molecular weight excluding hydrogens is 230 g/mol. The number of carbonyl (C=O) groups excluding carboxylic acids is 1. The Hall–Kier alpha value is -2.37. The van der Waals surface area contributed by atoms with E-state index in [9.17, 15) is 4.79 Å². The highest BCUT2D eigenvalue weighted by atomic mass is 16.2. The monoisotopic (exact) mass is 245 g/mol. The van der Waals surface area contributed by atoms with Gasteiger partial charge in [0, 0.05) is 32.1 Å². The molecule has 2 N–H and O–H groups in total. The summed E-state index contributed by atoms with van der Waals surface area (Å²) >= 11 is 0. The lowest BCUT2D eigenvalue weighted by molar-refractivity contribution is 0.0822. The molecule has 2 aromatic heterocycles. The van der Waals surface area contributed by atoms with Crippen molar-refractivity contribution in [3.8, 4) is 5.69 Å². The summed E-state index contributed by atoms with van der Waals surface area (Å²) in [5, 5.41) is 4.17. The van der Waals surface area contributed by atoms with Crippen LogP contribution in [0.4, 0.5) is 5.82 Å². The average Bonchev–Trinajstić information content (AvgIpc) is 2.69. The standard InChI is InChI=1S/C12H15N5O/c1-8-7-17(15-11(8)13)9-4-5-14-10(6-9)12(18)16(2)3/h4-7H,1-3H3,(H2,13,15). The zero-order valence-corrected chi connectivity index (χ0v) is 10.6. The predicted octanol–water partition coefficient (Wildman–Crippen LogP) is 0.860. The van der Waals surface area contributed by atoms with Gasteiger partial charge in [0.05, 0.1) is 5.69 Å². The van der Waals surface area contributed by atoms with Crippen molar-refractivity contribution in [3.05, 3.63) is 35.8 Å². The quantitative estimate of drug-likeness (QED) is 0.851. The van der Waals surface area contributed by atoms with Crippen LogP contribution in [0.3, 0.4) is 0 Å². The normalized spacial score (nSPS) is 10.4. The molecule has 1 amide bonds. The molecule has 6 nitrogen and oxygen atoms in total. The largest absolute Gasteiger partial charge is 0.382 e. The number of hydrogen-bond acceptors (Lipinski definition) is 4. The van der Waals surface area contributed by atoms with E-state index in [2.05, 4.69) is 10.1 Å². The summed E-state index contributed by atoms with van der Waals surface area (Å²) in [5.74, 6) is 0.334. The molecule has 0 aliphatic rings. The number of nitrogens with zero attached hydrogens (tertiary/aromatic N) is 4. The Kier molecular flexibility index (Phi) is 3.01. The van der Waals surface area contributed by atoms with Gasteiger partial charge in [-0.25, -0.2) is 4.68 Å². The van der Waals surface area contributed by atoms with Crippen molar-refractivity contribution in [2.75, 3.05) is 19.8 Å². The number of aryl methyl sites for hydroxylation is 1. The predicted molar refractivity (Wildman–Crippen MR) is 68.5 cm³/mol. The summed E-state index contributed by atoms with van der Waals surface area (Å²) in [6.07, 6.45) is 3.40. The van der Waals surface area contributed by atoms with Gasteiger partial charge in [0.2, 0.25) is 0 Å². The van der Waals surface area contributed by atoms with Crippen molar-refractivity contribution in [2.24, 2.45) is 0 Å². The summed E-state index contributed by atoms with van der Waals surface area (Å²) in [7, 11) is 3.37. The van der Waals surface area contributed by atoms with Crippen molar-refractivity contribution >= 4 is 11.7 Å². The fraction of sp³-hybridized carbons (Fsp3) is 0.250. The lowest BCUT2D eigenvalue weighted by Gasteiger charge is -2.10. The Balaban J connectivity index is 2.41. The fourth-order valence-corrected chi connectivity index (χ4v) is 1.51. The first-order valence-corrected chi connectivity index (χ1v) is 5.49. The number of nitrogens with two attached hydrogens (primary N) is 1. The van der Waals surface area contributed by atoms with Crippen molar-refractivity contribution < 1.29 is 4.79 Å². The molecule has 2 aromatic rings. The minimum atomic E-state index is -0.145. The van der Waals surface area contributed by atoms with Gasteiger partial charge in [-0.1, -0.05) is 0 Å². The minimum absolute atomic E-state index is 0.145. The summed E-state index contributed by atoms with van der Waals surface area (Å²) in [6, 6.07) is 3.46. The number of aromatic nitrogens is 3. The van der Waals surface area contributed by atoms with Gasteiger partial charge in [-0.15, -0.1) is 0 Å². The van der Waals surface area contributed by atoms with Crippen LogP contribution >= 0.6 is 0 Å². The lowest BCUT2D eigenvalue weighted by atomic mass is 10.3. The van der Waals surface area contributed by atoms with Crippen LogP contribution in [0, 0.1) is 6.92 Å². The van der Waals surface area contributed by atoms with Gasteiger partial charge < -0.3 is 10.6 Å². The zero-order chi connectivity index (χ0) is 13.3. The molecule has 0 unspecified atom stereocenters. The van der Waals surface area contributed by atoms with Crippen molar-refractivity contribution in [2.45, 2.75) is 6.92 Å². The third-order valence-electron chi connectivity index (χ3n) is 2.57. The van der Waals surface area contributed by atoms with E-state index in [1.807, 2.05) is 13.1 Å². The third-order valence-corrected chi connectivity index (χ3v) is 2.57. The Labute approximate surface area is 105 Å². The number of nitrogen functional groups attached to an aromatic ring is 1. The first-order chi connectivity index (χ1) is 8.49. The maximum Gasteiger partial charge on any atom is 0.272 e. The van der Waals surface area contributed by atoms with E-state index in [0.29, 0.717) is 11.5 Å². The summed E-state index contributed by atoms with van der Waals surface area (Å²) in [6.45, 7) is 1.88. The maximum absolute atomic E-state index is 11.8. The number of hydrogen-bond donors (Lipinski definition) is 1. The molecule has 0 radical (unpaired) electrons. The third kappa shape index (κ3) is 2.17. The highest BCUT2D eigenvalue weighted by Crippen LogP contribution is 2.13. The molecule has 2 heterocycles. The van der Waals surface area contributed by atoms with E-state index in [4.69, 9.17) is 5.73 Å². The van der Waals surface area contributed by atoms with Gasteiger partial charge in [0.1, 0.15) is 11.5 Å². The summed E-state index contributed by atoms with van der Waals surface area (Å²) < 4.78 is 1.64. The van der Waals surface area contributed by atoms with E-state index in [1.54, 1.807) is 37.1 Å². The van der Waals surface area contributed by atoms with Crippen LogP contribution in [0.2, 0.25) is 0 Å². The molecular formula is C12H15N5O. The molecule has 94 valence electrons. The van der Waals surface area contributed by atoms with Gasteiger partial charge in [-0.05, 0) is 19.1 Å². The molecule has 18 heavy (non-hydrogen) atoms. The van der Waals surface area contributed by atoms with Crippen LogP contribution in [0.1, 0.15) is 16.1 Å². The smallest absolute Gasteiger partial charge is 0.272 e. The van der Waals surface area contributed by atoms with E-state index >= 15 is 0 Å². The first-order valence-electron chi connectivity index (χ1n) is 5.49. The highest BCUT2D eigenvalue weighted by molar-refractivity contribution is 5.92. The van der Waals surface area contributed by atoms with Crippen LogP contribution in [-0.2, 0) is 0 Å². The van der Waals surface area contributed by atoms with Crippen LogP contribution in [0.5, 0.6) is 0 Å². The second kappa shape index (κ2) is 4.48. The highest BCUT2D eigenvalue weighted by Gasteiger charge is 2.11. The van der Waals surface area contributed by atoms with Crippen LogP contribution in [0.15, 0.2) is 24.5 Å². The first kappa shape index (κ1) is 12.1. The van der Waals surface area contributed by atoms with Gasteiger partial charge >= 0.3 is 0 Å². The molecule has 0 saturated heterocycles. The topological polar surface area (TPSA) is 77.0 Å². The van der Waals surface area contributed by atoms with E-state index in [1.165, 1.54) is 4.90 Å². The van der Waals surface area contributed by atoms with Crippen molar-refractivity contribution in [1.82, 2.24) is 19.7 Å². The molecule has 0 bridgehead atoms. The van der Waals surface area contributed by atoms with Gasteiger partial charge in [0.15, 0.2) is 0 Å². The van der Waals surface area contributed by atoms with Gasteiger partial charge in [-0.3, -0.25) is 9.78 Å². The van der Waals surface area contributed by atoms with E-state index in [-0.39, 0.29) is 5.91 Å². The second-order valence-corrected chi connectivity index (χ2v) is 4.24. The summed E-state index contributed by atoms with van der Waals surface area (Å²) in [5.41, 5.74) is 7.74. The molecule has 0 fully saturated rings. The summed E-state index contributed by atoms with van der Waals surface area (Å²) in [4.78, 5) is 17.3.